The minimum absolute atomic E-state index is 0.120. The van der Waals surface area contributed by atoms with Crippen molar-refractivity contribution in [3.63, 3.8) is 0 Å². The van der Waals surface area contributed by atoms with Gasteiger partial charge in [-0.15, -0.1) is 0 Å². The summed E-state index contributed by atoms with van der Waals surface area (Å²) in [5.74, 6) is -1.43. The second kappa shape index (κ2) is 5.87. The summed E-state index contributed by atoms with van der Waals surface area (Å²) >= 11 is 6.10. The van der Waals surface area contributed by atoms with E-state index in [0.717, 1.165) is 12.8 Å². The van der Waals surface area contributed by atoms with Crippen LogP contribution in [0.15, 0.2) is 24.3 Å². The van der Waals surface area contributed by atoms with E-state index in [1.165, 1.54) is 11.0 Å². The maximum Gasteiger partial charge on any atom is 0.241 e. The fourth-order valence-corrected chi connectivity index (χ4v) is 4.76. The zero-order valence-electron chi connectivity index (χ0n) is 14.6. The van der Waals surface area contributed by atoms with E-state index >= 15 is 0 Å². The van der Waals surface area contributed by atoms with Crippen LogP contribution in [0, 0.1) is 24.6 Å². The van der Waals surface area contributed by atoms with Crippen LogP contribution in [-0.4, -0.2) is 33.8 Å². The van der Waals surface area contributed by atoms with Gasteiger partial charge in [-0.05, 0) is 31.9 Å². The summed E-state index contributed by atoms with van der Waals surface area (Å²) in [5, 5.41) is 4.71. The molecule has 1 aromatic carbocycles. The molecular formula is C19H17ClFN3O3. The Morgan fingerprint density at radius 3 is 2.52 bits per heavy atom. The monoisotopic (exact) mass is 389 g/mol. The number of halogens is 2. The van der Waals surface area contributed by atoms with Crippen molar-refractivity contribution in [2.24, 2.45) is 11.8 Å². The summed E-state index contributed by atoms with van der Waals surface area (Å²) in [4.78, 5) is 26.9. The molecule has 0 radical (unpaired) electrons. The van der Waals surface area contributed by atoms with Crippen molar-refractivity contribution in [2.45, 2.75) is 38.5 Å². The number of rotatable bonds is 3. The largest absolute Gasteiger partial charge is 0.373 e. The van der Waals surface area contributed by atoms with Gasteiger partial charge in [-0.2, -0.15) is 5.10 Å². The van der Waals surface area contributed by atoms with E-state index in [-0.39, 0.29) is 36.4 Å². The van der Waals surface area contributed by atoms with E-state index in [1.54, 1.807) is 29.8 Å². The molecule has 0 aliphatic carbocycles. The maximum atomic E-state index is 14.1. The van der Waals surface area contributed by atoms with E-state index in [4.69, 9.17) is 16.3 Å². The topological polar surface area (TPSA) is 64.4 Å². The number of imide groups is 1. The average Bonchev–Trinajstić information content (AvgIpc) is 3.36. The number of ether oxygens (including phenoxy) is 1. The highest BCUT2D eigenvalue weighted by molar-refractivity contribution is 6.31. The molecule has 3 aliphatic rings. The molecule has 0 saturated carbocycles. The van der Waals surface area contributed by atoms with Crippen molar-refractivity contribution in [2.75, 3.05) is 4.90 Å². The molecule has 6 nitrogen and oxygen atoms in total. The minimum atomic E-state index is -0.421. The van der Waals surface area contributed by atoms with Crippen LogP contribution in [0.3, 0.4) is 0 Å². The third kappa shape index (κ3) is 2.38. The second-order valence-corrected chi connectivity index (χ2v) is 7.76. The lowest BCUT2D eigenvalue weighted by Crippen LogP contribution is -2.34. The average molecular weight is 390 g/mol. The number of fused-ring (bicyclic) bond motifs is 5. The van der Waals surface area contributed by atoms with Gasteiger partial charge in [-0.25, -0.2) is 9.29 Å². The SMILES string of the molecule is Cc1cc(N2C(=O)[C@H]3[C@H](C2=O)[C@H]2CC[C@H]3O2)nn1Cc1c(F)cccc1Cl. The molecule has 4 atom stereocenters. The molecule has 4 heterocycles. The summed E-state index contributed by atoms with van der Waals surface area (Å²) in [6.07, 6.45) is 1.30. The van der Waals surface area contributed by atoms with Crippen molar-refractivity contribution in [1.82, 2.24) is 9.78 Å². The molecule has 3 saturated heterocycles. The second-order valence-electron chi connectivity index (χ2n) is 7.36. The first-order valence-electron chi connectivity index (χ1n) is 8.96. The summed E-state index contributed by atoms with van der Waals surface area (Å²) in [5.41, 5.74) is 1.03. The standard InChI is InChI=1S/C19H17ClFN3O3/c1-9-7-15(22-23(9)8-10-11(20)3-2-4-12(10)21)24-18(25)16-13-5-6-14(27-13)17(16)19(24)26/h2-4,7,13-14,16-17H,5-6,8H2,1H3/t13-,14-,16-,17-/m1/s1. The fraction of sp³-hybridized carbons (Fsp3) is 0.421. The number of anilines is 1. The normalized spacial score (nSPS) is 29.1. The number of hydrogen-bond donors (Lipinski definition) is 0. The van der Waals surface area contributed by atoms with Gasteiger partial charge < -0.3 is 4.74 Å². The van der Waals surface area contributed by atoms with E-state index < -0.39 is 17.7 Å². The number of carbonyl (C=O) groups excluding carboxylic acids is 2. The highest BCUT2D eigenvalue weighted by Crippen LogP contribution is 2.49. The molecule has 27 heavy (non-hydrogen) atoms. The van der Waals surface area contributed by atoms with Crippen LogP contribution in [0.5, 0.6) is 0 Å². The molecule has 2 amide bonds. The van der Waals surface area contributed by atoms with Crippen molar-refractivity contribution in [3.8, 4) is 0 Å². The Balaban J connectivity index is 1.47. The maximum absolute atomic E-state index is 14.1. The minimum Gasteiger partial charge on any atom is -0.373 e. The van der Waals surface area contributed by atoms with Crippen LogP contribution >= 0.6 is 11.6 Å². The van der Waals surface area contributed by atoms with Gasteiger partial charge in [0.1, 0.15) is 5.82 Å². The lowest BCUT2D eigenvalue weighted by molar-refractivity contribution is -0.124. The molecule has 2 aromatic rings. The van der Waals surface area contributed by atoms with Crippen LogP contribution in [0.2, 0.25) is 5.02 Å². The van der Waals surface area contributed by atoms with E-state index in [0.29, 0.717) is 16.3 Å². The zero-order chi connectivity index (χ0) is 18.9. The predicted octanol–water partition coefficient (Wildman–Crippen LogP) is 2.70. The zero-order valence-corrected chi connectivity index (χ0v) is 15.3. The number of hydrogen-bond acceptors (Lipinski definition) is 4. The van der Waals surface area contributed by atoms with Crippen molar-refractivity contribution in [1.29, 1.82) is 0 Å². The first kappa shape index (κ1) is 16.9. The third-order valence-corrected chi connectivity index (χ3v) is 6.21. The Kier molecular flexibility index (Phi) is 3.67. The van der Waals surface area contributed by atoms with Gasteiger partial charge in [-0.1, -0.05) is 17.7 Å². The van der Waals surface area contributed by atoms with Crippen molar-refractivity contribution in [3.05, 3.63) is 46.4 Å². The Labute approximate surface area is 159 Å². The Bertz CT molecular complexity index is 927. The Morgan fingerprint density at radius 2 is 1.89 bits per heavy atom. The first-order chi connectivity index (χ1) is 13.0. The van der Waals surface area contributed by atoms with Gasteiger partial charge in [0.2, 0.25) is 11.8 Å². The fourth-order valence-electron chi connectivity index (χ4n) is 4.53. The third-order valence-electron chi connectivity index (χ3n) is 5.85. The van der Waals surface area contributed by atoms with E-state index in [2.05, 4.69) is 5.10 Å². The van der Waals surface area contributed by atoms with E-state index in [9.17, 15) is 14.0 Å². The number of amides is 2. The van der Waals surface area contributed by atoms with Crippen LogP contribution in [-0.2, 0) is 20.9 Å². The van der Waals surface area contributed by atoms with Crippen molar-refractivity contribution >= 4 is 29.2 Å². The van der Waals surface area contributed by atoms with Gasteiger partial charge in [-0.3, -0.25) is 14.3 Å². The van der Waals surface area contributed by atoms with Crippen molar-refractivity contribution < 1.29 is 18.7 Å². The predicted molar refractivity (Wildman–Crippen MR) is 94.8 cm³/mol. The summed E-state index contributed by atoms with van der Waals surface area (Å²) in [6, 6.07) is 6.17. The number of aryl methyl sites for hydroxylation is 1. The molecular weight excluding hydrogens is 373 g/mol. The van der Waals surface area contributed by atoms with Crippen LogP contribution in [0.1, 0.15) is 24.1 Å². The quantitative estimate of drug-likeness (QED) is 0.757. The molecule has 140 valence electrons. The van der Waals surface area contributed by atoms with Gasteiger partial charge >= 0.3 is 0 Å². The Morgan fingerprint density at radius 1 is 1.22 bits per heavy atom. The molecule has 2 bridgehead atoms. The molecule has 8 heteroatoms. The molecule has 1 aromatic heterocycles. The highest BCUT2D eigenvalue weighted by Gasteiger charge is 2.63. The molecule has 5 rings (SSSR count). The van der Waals surface area contributed by atoms with Gasteiger partial charge in [0.15, 0.2) is 5.82 Å². The lowest BCUT2D eigenvalue weighted by Gasteiger charge is -2.15. The van der Waals surface area contributed by atoms with E-state index in [1.807, 2.05) is 0 Å². The van der Waals surface area contributed by atoms with Gasteiger partial charge in [0, 0.05) is 22.3 Å². The number of carbonyl (C=O) groups is 2. The van der Waals surface area contributed by atoms with Crippen LogP contribution in [0.25, 0.3) is 0 Å². The van der Waals surface area contributed by atoms with Crippen LogP contribution < -0.4 is 4.90 Å². The molecule has 3 aliphatic heterocycles. The molecule has 3 fully saturated rings. The molecule has 0 unspecified atom stereocenters. The summed E-state index contributed by atoms with van der Waals surface area (Å²) < 4.78 is 21.4. The van der Waals surface area contributed by atoms with Crippen LogP contribution in [0.4, 0.5) is 10.2 Å². The summed E-state index contributed by atoms with van der Waals surface area (Å²) in [7, 11) is 0. The first-order valence-corrected chi connectivity index (χ1v) is 9.34. The number of benzene rings is 1. The number of nitrogens with zero attached hydrogens (tertiary/aromatic N) is 3. The number of aromatic nitrogens is 2. The lowest BCUT2D eigenvalue weighted by atomic mass is 9.81. The highest BCUT2D eigenvalue weighted by atomic mass is 35.5. The van der Waals surface area contributed by atoms with Gasteiger partial charge in [0.25, 0.3) is 0 Å². The van der Waals surface area contributed by atoms with Gasteiger partial charge in [0.05, 0.1) is 30.6 Å². The smallest absolute Gasteiger partial charge is 0.241 e. The summed E-state index contributed by atoms with van der Waals surface area (Å²) in [6.45, 7) is 1.92. The Hall–Kier alpha value is -2.25. The molecule has 0 N–H and O–H groups in total. The molecule has 0 spiro atoms.